The molecule has 140 valence electrons. The van der Waals surface area contributed by atoms with E-state index < -0.39 is 0 Å². The number of methoxy groups -OCH3 is 1. The van der Waals surface area contributed by atoms with Gasteiger partial charge in [-0.1, -0.05) is 29.8 Å². The first kappa shape index (κ1) is 23.8. The van der Waals surface area contributed by atoms with Crippen molar-refractivity contribution >= 4 is 40.7 Å². The van der Waals surface area contributed by atoms with Gasteiger partial charge in [-0.3, -0.25) is 4.90 Å². The number of rotatable bonds is 6. The van der Waals surface area contributed by atoms with Crippen molar-refractivity contribution in [2.45, 2.75) is 32.7 Å². The molecule has 1 aliphatic rings. The van der Waals surface area contributed by atoms with Gasteiger partial charge in [-0.05, 0) is 30.9 Å². The summed E-state index contributed by atoms with van der Waals surface area (Å²) in [5.74, 6) is 1.47. The number of benzene rings is 1. The third-order valence-electron chi connectivity index (χ3n) is 4.26. The van der Waals surface area contributed by atoms with Crippen molar-refractivity contribution in [2.75, 3.05) is 33.3 Å². The van der Waals surface area contributed by atoms with Gasteiger partial charge in [-0.15, -0.1) is 24.8 Å². The van der Waals surface area contributed by atoms with Crippen LogP contribution in [0.2, 0.25) is 0 Å². The molecule has 7 heteroatoms. The maximum absolute atomic E-state index is 10.6. The first-order valence-corrected chi connectivity index (χ1v) is 8.83. The molecule has 2 N–H and O–H groups in total. The second-order valence-corrected chi connectivity index (χ2v) is 7.23. The zero-order chi connectivity index (χ0) is 16.1. The Bertz CT molecular complexity index is 498. The summed E-state index contributed by atoms with van der Waals surface area (Å²) in [6, 6.07) is 4.08. The van der Waals surface area contributed by atoms with Crippen LogP contribution in [0.3, 0.4) is 0 Å². The predicted octanol–water partition coefficient (Wildman–Crippen LogP) is 4.39. The van der Waals surface area contributed by atoms with E-state index in [1.807, 2.05) is 12.1 Å². The Morgan fingerprint density at radius 3 is 2.38 bits per heavy atom. The number of piperazine rings is 1. The molecule has 1 saturated heterocycles. The lowest BCUT2D eigenvalue weighted by molar-refractivity contribution is 0.156. The molecule has 1 atom stereocenters. The van der Waals surface area contributed by atoms with Crippen LogP contribution in [0, 0.1) is 5.92 Å². The Labute approximate surface area is 166 Å². The fourth-order valence-electron chi connectivity index (χ4n) is 3.02. The summed E-state index contributed by atoms with van der Waals surface area (Å²) in [6.07, 6.45) is 2.19. The molecular formula is C17H29BrCl2N2O2. The minimum Gasteiger partial charge on any atom is -0.504 e. The van der Waals surface area contributed by atoms with Gasteiger partial charge in [0.15, 0.2) is 11.5 Å². The lowest BCUT2D eigenvalue weighted by Gasteiger charge is -2.36. The van der Waals surface area contributed by atoms with Crippen molar-refractivity contribution in [1.29, 1.82) is 0 Å². The van der Waals surface area contributed by atoms with E-state index in [4.69, 9.17) is 4.74 Å². The van der Waals surface area contributed by atoms with Crippen molar-refractivity contribution in [3.63, 3.8) is 0 Å². The van der Waals surface area contributed by atoms with Gasteiger partial charge in [0.2, 0.25) is 0 Å². The molecule has 0 radical (unpaired) electrons. The highest BCUT2D eigenvalue weighted by molar-refractivity contribution is 9.10. The molecule has 0 bridgehead atoms. The number of hydrogen-bond donors (Lipinski definition) is 2. The van der Waals surface area contributed by atoms with Crippen LogP contribution in [0.25, 0.3) is 0 Å². The van der Waals surface area contributed by atoms with E-state index in [-0.39, 0.29) is 36.6 Å². The maximum atomic E-state index is 10.6. The highest BCUT2D eigenvalue weighted by atomic mass is 79.9. The van der Waals surface area contributed by atoms with E-state index in [0.29, 0.717) is 11.7 Å². The Morgan fingerprint density at radius 1 is 1.21 bits per heavy atom. The number of aromatic hydroxyl groups is 1. The number of hydrogen-bond acceptors (Lipinski definition) is 4. The lowest BCUT2D eigenvalue weighted by Crippen LogP contribution is -2.45. The van der Waals surface area contributed by atoms with Gasteiger partial charge in [-0.25, -0.2) is 0 Å². The van der Waals surface area contributed by atoms with Crippen molar-refractivity contribution in [3.8, 4) is 11.5 Å². The first-order valence-electron chi connectivity index (χ1n) is 8.04. The molecule has 2 rings (SSSR count). The minimum absolute atomic E-state index is 0. The van der Waals surface area contributed by atoms with E-state index in [9.17, 15) is 5.11 Å². The molecule has 0 aliphatic carbocycles. The number of nitrogens with zero attached hydrogens (tertiary/aromatic N) is 1. The second-order valence-electron chi connectivity index (χ2n) is 6.32. The van der Waals surface area contributed by atoms with E-state index >= 15 is 0 Å². The van der Waals surface area contributed by atoms with Crippen molar-refractivity contribution in [1.82, 2.24) is 10.2 Å². The molecule has 24 heavy (non-hydrogen) atoms. The molecule has 1 aromatic carbocycles. The molecule has 0 amide bonds. The average Bonchev–Trinajstić information content (AvgIpc) is 2.51. The van der Waals surface area contributed by atoms with E-state index in [1.54, 1.807) is 7.11 Å². The van der Waals surface area contributed by atoms with Gasteiger partial charge in [0, 0.05) is 42.3 Å². The smallest absolute Gasteiger partial charge is 0.162 e. The third kappa shape index (κ3) is 6.26. The van der Waals surface area contributed by atoms with Gasteiger partial charge in [-0.2, -0.15) is 0 Å². The van der Waals surface area contributed by atoms with Gasteiger partial charge in [0.25, 0.3) is 0 Å². The van der Waals surface area contributed by atoms with Crippen molar-refractivity contribution in [3.05, 3.63) is 22.2 Å². The van der Waals surface area contributed by atoms with Gasteiger partial charge in [0.1, 0.15) is 0 Å². The number of phenolic OH excluding ortho intramolecular Hbond substituents is 1. The molecule has 1 aliphatic heterocycles. The van der Waals surface area contributed by atoms with Crippen LogP contribution in [0.15, 0.2) is 16.6 Å². The summed E-state index contributed by atoms with van der Waals surface area (Å²) >= 11 is 3.54. The SMILES string of the molecule is COc1cc(Br)cc([C@H](CCC(C)C)N2CCNCC2)c1O.Cl.Cl. The summed E-state index contributed by atoms with van der Waals surface area (Å²) in [6.45, 7) is 8.52. The number of ether oxygens (including phenoxy) is 1. The highest BCUT2D eigenvalue weighted by Gasteiger charge is 2.26. The number of halogens is 3. The third-order valence-corrected chi connectivity index (χ3v) is 4.72. The Kier molecular flexibility index (Phi) is 11.3. The number of phenols is 1. The van der Waals surface area contributed by atoms with Crippen LogP contribution in [-0.2, 0) is 0 Å². The molecule has 0 unspecified atom stereocenters. The number of nitrogens with one attached hydrogen (secondary N) is 1. The van der Waals surface area contributed by atoms with Crippen LogP contribution in [0.5, 0.6) is 11.5 Å². The molecule has 4 nitrogen and oxygen atoms in total. The van der Waals surface area contributed by atoms with Crippen LogP contribution in [0.4, 0.5) is 0 Å². The normalized spacial score (nSPS) is 16.2. The second kappa shape index (κ2) is 11.4. The van der Waals surface area contributed by atoms with Crippen LogP contribution < -0.4 is 10.1 Å². The molecule has 0 spiro atoms. The maximum Gasteiger partial charge on any atom is 0.162 e. The molecule has 1 aromatic rings. The molecule has 1 heterocycles. The van der Waals surface area contributed by atoms with Crippen molar-refractivity contribution in [2.24, 2.45) is 5.92 Å². The predicted molar refractivity (Wildman–Crippen MR) is 108 cm³/mol. The first-order chi connectivity index (χ1) is 10.5. The lowest BCUT2D eigenvalue weighted by atomic mass is 9.95. The molecular weight excluding hydrogens is 415 g/mol. The molecule has 1 fully saturated rings. The monoisotopic (exact) mass is 442 g/mol. The fourth-order valence-corrected chi connectivity index (χ4v) is 3.48. The topological polar surface area (TPSA) is 44.7 Å². The highest BCUT2D eigenvalue weighted by Crippen LogP contribution is 2.41. The summed E-state index contributed by atoms with van der Waals surface area (Å²) in [4.78, 5) is 2.47. The van der Waals surface area contributed by atoms with Gasteiger partial charge in [0.05, 0.1) is 7.11 Å². The largest absolute Gasteiger partial charge is 0.504 e. The van der Waals surface area contributed by atoms with Crippen LogP contribution >= 0.6 is 40.7 Å². The zero-order valence-electron chi connectivity index (χ0n) is 14.5. The quantitative estimate of drug-likeness (QED) is 0.684. The summed E-state index contributed by atoms with van der Waals surface area (Å²) in [5.41, 5.74) is 0.966. The van der Waals surface area contributed by atoms with E-state index in [0.717, 1.165) is 49.1 Å². The summed E-state index contributed by atoms with van der Waals surface area (Å²) in [5, 5.41) is 14.0. The van der Waals surface area contributed by atoms with Gasteiger partial charge < -0.3 is 15.2 Å². The summed E-state index contributed by atoms with van der Waals surface area (Å²) < 4.78 is 6.26. The standard InChI is InChI=1S/C17H27BrN2O2.2ClH/c1-12(2)4-5-15(20-8-6-19-7-9-20)14-10-13(18)11-16(22-3)17(14)21;;/h10-12,15,19,21H,4-9H2,1-3H3;2*1H/t15-;;/m0../s1. The Hall–Kier alpha value is -0.200. The Balaban J connectivity index is 0.00000264. The molecule has 0 aromatic heterocycles. The molecule has 0 saturated carbocycles. The zero-order valence-corrected chi connectivity index (χ0v) is 17.8. The van der Waals surface area contributed by atoms with Crippen molar-refractivity contribution < 1.29 is 9.84 Å². The fraction of sp³-hybridized carbons (Fsp3) is 0.647. The van der Waals surface area contributed by atoms with E-state index in [2.05, 4.69) is 40.0 Å². The van der Waals surface area contributed by atoms with Crippen LogP contribution in [-0.4, -0.2) is 43.3 Å². The summed E-state index contributed by atoms with van der Waals surface area (Å²) in [7, 11) is 1.60. The van der Waals surface area contributed by atoms with Crippen LogP contribution in [0.1, 0.15) is 38.3 Å². The van der Waals surface area contributed by atoms with E-state index in [1.165, 1.54) is 0 Å². The minimum atomic E-state index is 0. The Morgan fingerprint density at radius 2 is 1.83 bits per heavy atom. The average molecular weight is 444 g/mol. The van der Waals surface area contributed by atoms with Gasteiger partial charge >= 0.3 is 0 Å².